The van der Waals surface area contributed by atoms with Crippen LogP contribution in [0.4, 0.5) is 0 Å². The topological polar surface area (TPSA) is 69.9 Å². The number of benzene rings is 2. The lowest BCUT2D eigenvalue weighted by molar-refractivity contribution is 0.0921. The first-order valence-electron chi connectivity index (χ1n) is 10.3. The SMILES string of the molecule is COc1ccc(OC)c(CCNC(=O)c2ccc(Oc3cc(C(C)C)ccc3C)o2)c1. The van der Waals surface area contributed by atoms with Gasteiger partial charge in [-0.2, -0.15) is 0 Å². The minimum Gasteiger partial charge on any atom is -0.497 e. The molecule has 164 valence electrons. The van der Waals surface area contributed by atoms with Gasteiger partial charge in [-0.1, -0.05) is 26.0 Å². The van der Waals surface area contributed by atoms with Gasteiger partial charge in [0.15, 0.2) is 5.76 Å². The van der Waals surface area contributed by atoms with E-state index in [2.05, 4.69) is 25.2 Å². The van der Waals surface area contributed by atoms with E-state index in [1.165, 1.54) is 5.56 Å². The molecule has 0 aliphatic rings. The van der Waals surface area contributed by atoms with Crippen LogP contribution in [0.15, 0.2) is 52.9 Å². The normalized spacial score (nSPS) is 10.8. The zero-order valence-electron chi connectivity index (χ0n) is 18.7. The van der Waals surface area contributed by atoms with E-state index >= 15 is 0 Å². The number of furan rings is 1. The predicted octanol–water partition coefficient (Wildman–Crippen LogP) is 5.49. The maximum atomic E-state index is 12.5. The van der Waals surface area contributed by atoms with Crippen LogP contribution in [0, 0.1) is 6.92 Å². The van der Waals surface area contributed by atoms with E-state index in [1.54, 1.807) is 26.4 Å². The first-order chi connectivity index (χ1) is 14.9. The number of hydrogen-bond acceptors (Lipinski definition) is 5. The van der Waals surface area contributed by atoms with Crippen LogP contribution in [-0.4, -0.2) is 26.7 Å². The maximum absolute atomic E-state index is 12.5. The number of amides is 1. The number of carbonyl (C=O) groups excluding carboxylic acids is 1. The van der Waals surface area contributed by atoms with Gasteiger partial charge >= 0.3 is 0 Å². The molecule has 6 heteroatoms. The van der Waals surface area contributed by atoms with Gasteiger partial charge in [0.25, 0.3) is 11.9 Å². The molecular formula is C25H29NO5. The van der Waals surface area contributed by atoms with Crippen molar-refractivity contribution >= 4 is 5.91 Å². The molecule has 0 radical (unpaired) electrons. The second kappa shape index (κ2) is 10.1. The van der Waals surface area contributed by atoms with Gasteiger partial charge in [0.05, 0.1) is 14.2 Å². The molecule has 0 fully saturated rings. The molecule has 2 aromatic carbocycles. The monoisotopic (exact) mass is 423 g/mol. The van der Waals surface area contributed by atoms with Gasteiger partial charge in [-0.3, -0.25) is 4.79 Å². The van der Waals surface area contributed by atoms with Gasteiger partial charge in [0.2, 0.25) is 0 Å². The lowest BCUT2D eigenvalue weighted by atomic mass is 10.0. The van der Waals surface area contributed by atoms with Crippen LogP contribution in [0.1, 0.15) is 47.0 Å². The average Bonchev–Trinajstić information content (AvgIpc) is 3.23. The Hall–Kier alpha value is -3.41. The van der Waals surface area contributed by atoms with Gasteiger partial charge < -0.3 is 23.9 Å². The van der Waals surface area contributed by atoms with E-state index in [-0.39, 0.29) is 17.6 Å². The summed E-state index contributed by atoms with van der Waals surface area (Å²) in [5.74, 6) is 2.79. The Morgan fingerprint density at radius 2 is 1.81 bits per heavy atom. The molecule has 3 aromatic rings. The Labute approximate surface area is 183 Å². The number of rotatable bonds is 9. The lowest BCUT2D eigenvalue weighted by Crippen LogP contribution is -2.25. The van der Waals surface area contributed by atoms with Gasteiger partial charge in [-0.15, -0.1) is 0 Å². The second-order valence-electron chi connectivity index (χ2n) is 7.58. The number of methoxy groups -OCH3 is 2. The van der Waals surface area contributed by atoms with E-state index in [4.69, 9.17) is 18.6 Å². The van der Waals surface area contributed by atoms with Crippen LogP contribution in [0.3, 0.4) is 0 Å². The molecule has 0 aliphatic heterocycles. The van der Waals surface area contributed by atoms with Crippen molar-refractivity contribution in [2.45, 2.75) is 33.1 Å². The third kappa shape index (κ3) is 5.60. The minimum absolute atomic E-state index is 0.199. The van der Waals surface area contributed by atoms with Crippen molar-refractivity contribution in [3.05, 3.63) is 71.0 Å². The van der Waals surface area contributed by atoms with Crippen LogP contribution in [0.5, 0.6) is 23.2 Å². The van der Waals surface area contributed by atoms with Crippen molar-refractivity contribution in [3.8, 4) is 23.2 Å². The van der Waals surface area contributed by atoms with Crippen molar-refractivity contribution in [1.29, 1.82) is 0 Å². The first kappa shape index (κ1) is 22.3. The van der Waals surface area contributed by atoms with Crippen LogP contribution in [-0.2, 0) is 6.42 Å². The summed E-state index contributed by atoms with van der Waals surface area (Å²) >= 11 is 0. The summed E-state index contributed by atoms with van der Waals surface area (Å²) in [5.41, 5.74) is 3.13. The number of aryl methyl sites for hydroxylation is 1. The summed E-state index contributed by atoms with van der Waals surface area (Å²) in [6, 6.07) is 15.0. The Kier molecular flexibility index (Phi) is 7.23. The quantitative estimate of drug-likeness (QED) is 0.493. The van der Waals surface area contributed by atoms with Crippen molar-refractivity contribution in [2.75, 3.05) is 20.8 Å². The minimum atomic E-state index is -0.302. The zero-order chi connectivity index (χ0) is 22.4. The Bertz CT molecular complexity index is 1040. The molecule has 0 atom stereocenters. The second-order valence-corrected chi connectivity index (χ2v) is 7.58. The first-order valence-corrected chi connectivity index (χ1v) is 10.3. The highest BCUT2D eigenvalue weighted by atomic mass is 16.6. The Balaban J connectivity index is 1.60. The summed E-state index contributed by atoms with van der Waals surface area (Å²) in [6.45, 7) is 6.66. The standard InChI is InChI=1S/C25H29NO5/c1-16(2)18-7-6-17(3)23(15-18)31-24-11-10-22(30-24)25(27)26-13-12-19-14-20(28-4)8-9-21(19)29-5/h6-11,14-16H,12-13H2,1-5H3,(H,26,27). The van der Waals surface area contributed by atoms with Crippen molar-refractivity contribution < 1.29 is 23.4 Å². The van der Waals surface area contributed by atoms with E-state index in [0.717, 1.165) is 28.4 Å². The maximum Gasteiger partial charge on any atom is 0.290 e. The zero-order valence-corrected chi connectivity index (χ0v) is 18.7. The lowest BCUT2D eigenvalue weighted by Gasteiger charge is -2.11. The smallest absolute Gasteiger partial charge is 0.290 e. The fraction of sp³-hybridized carbons (Fsp3) is 0.320. The molecule has 1 heterocycles. The molecule has 0 spiro atoms. The molecule has 0 saturated heterocycles. The molecule has 31 heavy (non-hydrogen) atoms. The predicted molar refractivity (Wildman–Crippen MR) is 120 cm³/mol. The molecule has 0 saturated carbocycles. The fourth-order valence-corrected chi connectivity index (χ4v) is 3.17. The van der Waals surface area contributed by atoms with Crippen LogP contribution in [0.2, 0.25) is 0 Å². The molecule has 1 amide bonds. The van der Waals surface area contributed by atoms with Crippen LogP contribution < -0.4 is 19.5 Å². The Morgan fingerprint density at radius 1 is 1.00 bits per heavy atom. The van der Waals surface area contributed by atoms with Gasteiger partial charge in [-0.25, -0.2) is 0 Å². The van der Waals surface area contributed by atoms with Crippen molar-refractivity contribution in [3.63, 3.8) is 0 Å². The van der Waals surface area contributed by atoms with Gasteiger partial charge in [-0.05, 0) is 66.3 Å². The van der Waals surface area contributed by atoms with E-state index in [1.807, 2.05) is 37.3 Å². The summed E-state index contributed by atoms with van der Waals surface area (Å²) in [4.78, 5) is 12.5. The van der Waals surface area contributed by atoms with Gasteiger partial charge in [0.1, 0.15) is 17.2 Å². The van der Waals surface area contributed by atoms with Gasteiger partial charge in [0, 0.05) is 12.6 Å². The van der Waals surface area contributed by atoms with E-state index in [0.29, 0.717) is 18.9 Å². The summed E-state index contributed by atoms with van der Waals surface area (Å²) in [5, 5.41) is 2.86. The third-order valence-electron chi connectivity index (χ3n) is 5.06. The molecule has 6 nitrogen and oxygen atoms in total. The number of nitrogens with one attached hydrogen (secondary N) is 1. The molecule has 1 N–H and O–H groups in total. The van der Waals surface area contributed by atoms with E-state index in [9.17, 15) is 4.79 Å². The summed E-state index contributed by atoms with van der Waals surface area (Å²) in [7, 11) is 3.23. The highest BCUT2D eigenvalue weighted by Gasteiger charge is 2.14. The van der Waals surface area contributed by atoms with E-state index < -0.39 is 0 Å². The number of carbonyl (C=O) groups is 1. The van der Waals surface area contributed by atoms with Crippen LogP contribution >= 0.6 is 0 Å². The summed E-state index contributed by atoms with van der Waals surface area (Å²) < 4.78 is 22.1. The number of ether oxygens (including phenoxy) is 3. The van der Waals surface area contributed by atoms with Crippen LogP contribution in [0.25, 0.3) is 0 Å². The molecule has 0 bridgehead atoms. The highest BCUT2D eigenvalue weighted by Crippen LogP contribution is 2.30. The molecule has 0 unspecified atom stereocenters. The average molecular weight is 424 g/mol. The fourth-order valence-electron chi connectivity index (χ4n) is 3.17. The molecular weight excluding hydrogens is 394 g/mol. The molecule has 0 aliphatic carbocycles. The highest BCUT2D eigenvalue weighted by molar-refractivity contribution is 5.91. The van der Waals surface area contributed by atoms with Crippen molar-refractivity contribution in [1.82, 2.24) is 5.32 Å². The Morgan fingerprint density at radius 3 is 2.52 bits per heavy atom. The molecule has 1 aromatic heterocycles. The summed E-state index contributed by atoms with van der Waals surface area (Å²) in [6.07, 6.45) is 0.595. The number of hydrogen-bond donors (Lipinski definition) is 1. The third-order valence-corrected chi connectivity index (χ3v) is 5.06. The molecule has 3 rings (SSSR count). The van der Waals surface area contributed by atoms with Crippen molar-refractivity contribution in [2.24, 2.45) is 0 Å². The largest absolute Gasteiger partial charge is 0.497 e.